The number of hydrogen-bond donors (Lipinski definition) is 1. The van der Waals surface area contributed by atoms with Gasteiger partial charge in [-0.2, -0.15) is 0 Å². The molecule has 0 aromatic carbocycles. The van der Waals surface area contributed by atoms with E-state index in [1.165, 1.54) is 12.3 Å². The highest BCUT2D eigenvalue weighted by Gasteiger charge is 2.28. The third kappa shape index (κ3) is 2.67. The van der Waals surface area contributed by atoms with Gasteiger partial charge in [0.1, 0.15) is 0 Å². The number of carbonyl (C=O) groups is 1. The van der Waals surface area contributed by atoms with Crippen molar-refractivity contribution in [1.29, 1.82) is 0 Å². The summed E-state index contributed by atoms with van der Waals surface area (Å²) in [7, 11) is 1.87. The number of pyridine rings is 1. The zero-order chi connectivity index (χ0) is 13.0. The van der Waals surface area contributed by atoms with Gasteiger partial charge in [-0.1, -0.05) is 0 Å². The SMILES string of the molecule is CNCC1CCCCN1C(=O)c1ccncc1F. The second-order valence-electron chi connectivity index (χ2n) is 4.56. The van der Waals surface area contributed by atoms with Crippen molar-refractivity contribution in [2.24, 2.45) is 0 Å². The van der Waals surface area contributed by atoms with Gasteiger partial charge in [-0.3, -0.25) is 9.78 Å². The summed E-state index contributed by atoms with van der Waals surface area (Å²) >= 11 is 0. The summed E-state index contributed by atoms with van der Waals surface area (Å²) < 4.78 is 13.6. The molecule has 1 fully saturated rings. The average molecular weight is 251 g/mol. The van der Waals surface area contributed by atoms with Gasteiger partial charge in [0.25, 0.3) is 5.91 Å². The van der Waals surface area contributed by atoms with Crippen LogP contribution in [0.25, 0.3) is 0 Å². The number of halogens is 1. The minimum absolute atomic E-state index is 0.119. The zero-order valence-corrected chi connectivity index (χ0v) is 10.5. The van der Waals surface area contributed by atoms with E-state index in [2.05, 4.69) is 10.3 Å². The van der Waals surface area contributed by atoms with Crippen LogP contribution in [0.15, 0.2) is 18.5 Å². The minimum Gasteiger partial charge on any atom is -0.334 e. The number of nitrogens with zero attached hydrogens (tertiary/aromatic N) is 2. The lowest BCUT2D eigenvalue weighted by Crippen LogP contribution is -2.48. The molecule has 1 aromatic rings. The third-order valence-electron chi connectivity index (χ3n) is 3.33. The molecule has 1 atom stereocenters. The molecular weight excluding hydrogens is 233 g/mol. The summed E-state index contributed by atoms with van der Waals surface area (Å²) in [6.45, 7) is 1.45. The van der Waals surface area contributed by atoms with Crippen molar-refractivity contribution >= 4 is 5.91 Å². The maximum atomic E-state index is 13.6. The Morgan fingerprint density at radius 2 is 2.44 bits per heavy atom. The van der Waals surface area contributed by atoms with Crippen LogP contribution in [0.3, 0.4) is 0 Å². The molecule has 1 unspecified atom stereocenters. The predicted molar refractivity (Wildman–Crippen MR) is 66.8 cm³/mol. The fourth-order valence-electron chi connectivity index (χ4n) is 2.42. The number of nitrogens with one attached hydrogen (secondary N) is 1. The Bertz CT molecular complexity index is 422. The molecule has 1 aliphatic heterocycles. The van der Waals surface area contributed by atoms with Crippen LogP contribution in [0.5, 0.6) is 0 Å². The average Bonchev–Trinajstić information content (AvgIpc) is 2.40. The Morgan fingerprint density at radius 3 is 3.17 bits per heavy atom. The lowest BCUT2D eigenvalue weighted by molar-refractivity contribution is 0.0610. The first-order chi connectivity index (χ1) is 8.74. The highest BCUT2D eigenvalue weighted by atomic mass is 19.1. The molecule has 1 aliphatic rings. The first-order valence-corrected chi connectivity index (χ1v) is 6.29. The molecular formula is C13H18FN3O. The Balaban J connectivity index is 2.18. The summed E-state index contributed by atoms with van der Waals surface area (Å²) in [4.78, 5) is 17.8. The Labute approximate surface area is 106 Å². The van der Waals surface area contributed by atoms with Crippen molar-refractivity contribution in [3.8, 4) is 0 Å². The highest BCUT2D eigenvalue weighted by Crippen LogP contribution is 2.20. The summed E-state index contributed by atoms with van der Waals surface area (Å²) in [5.74, 6) is -0.772. The van der Waals surface area contributed by atoms with E-state index in [0.29, 0.717) is 6.54 Å². The molecule has 1 amide bonds. The van der Waals surface area contributed by atoms with E-state index >= 15 is 0 Å². The van der Waals surface area contributed by atoms with Crippen molar-refractivity contribution in [2.75, 3.05) is 20.1 Å². The maximum Gasteiger partial charge on any atom is 0.257 e. The number of likely N-dealkylation sites (tertiary alicyclic amines) is 1. The van der Waals surface area contributed by atoms with Crippen molar-refractivity contribution in [1.82, 2.24) is 15.2 Å². The van der Waals surface area contributed by atoms with E-state index in [-0.39, 0.29) is 17.5 Å². The molecule has 0 aliphatic carbocycles. The van der Waals surface area contributed by atoms with Crippen molar-refractivity contribution in [3.63, 3.8) is 0 Å². The molecule has 2 heterocycles. The van der Waals surface area contributed by atoms with Crippen LogP contribution in [0, 0.1) is 5.82 Å². The minimum atomic E-state index is -0.545. The number of aromatic nitrogens is 1. The van der Waals surface area contributed by atoms with Crippen LogP contribution < -0.4 is 5.32 Å². The van der Waals surface area contributed by atoms with Crippen LogP contribution in [-0.2, 0) is 0 Å². The fourth-order valence-corrected chi connectivity index (χ4v) is 2.42. The Hall–Kier alpha value is -1.49. The van der Waals surface area contributed by atoms with E-state index in [1.807, 2.05) is 7.05 Å². The highest BCUT2D eigenvalue weighted by molar-refractivity contribution is 5.94. The standard InChI is InChI=1S/C13H18FN3O/c1-15-8-10-4-2-3-7-17(10)13(18)11-5-6-16-9-12(11)14/h5-6,9-10,15H,2-4,7-8H2,1H3. The first kappa shape index (κ1) is 13.0. The molecule has 0 saturated carbocycles. The van der Waals surface area contributed by atoms with Crippen molar-refractivity contribution < 1.29 is 9.18 Å². The monoisotopic (exact) mass is 251 g/mol. The molecule has 0 radical (unpaired) electrons. The zero-order valence-electron chi connectivity index (χ0n) is 10.5. The van der Waals surface area contributed by atoms with Crippen molar-refractivity contribution in [2.45, 2.75) is 25.3 Å². The smallest absolute Gasteiger partial charge is 0.257 e. The van der Waals surface area contributed by atoms with Crippen LogP contribution in [0.2, 0.25) is 0 Å². The van der Waals surface area contributed by atoms with E-state index in [9.17, 15) is 9.18 Å². The number of carbonyl (C=O) groups excluding carboxylic acids is 1. The molecule has 1 aromatic heterocycles. The van der Waals surface area contributed by atoms with Gasteiger partial charge in [-0.15, -0.1) is 0 Å². The molecule has 18 heavy (non-hydrogen) atoms. The summed E-state index contributed by atoms with van der Waals surface area (Å²) in [6, 6.07) is 1.60. The molecule has 0 spiro atoms. The van der Waals surface area contributed by atoms with Gasteiger partial charge in [0.2, 0.25) is 0 Å². The van der Waals surface area contributed by atoms with Gasteiger partial charge in [0.05, 0.1) is 11.8 Å². The van der Waals surface area contributed by atoms with Gasteiger partial charge in [-0.05, 0) is 32.4 Å². The largest absolute Gasteiger partial charge is 0.334 e. The second-order valence-corrected chi connectivity index (χ2v) is 4.56. The Kier molecular flexibility index (Phi) is 4.25. The topological polar surface area (TPSA) is 45.2 Å². The second kappa shape index (κ2) is 5.91. The summed E-state index contributed by atoms with van der Waals surface area (Å²) in [6.07, 6.45) is 5.62. The molecule has 2 rings (SSSR count). The van der Waals surface area contributed by atoms with Gasteiger partial charge in [0.15, 0.2) is 5.82 Å². The van der Waals surface area contributed by atoms with Crippen LogP contribution >= 0.6 is 0 Å². The van der Waals surface area contributed by atoms with E-state index < -0.39 is 5.82 Å². The summed E-state index contributed by atoms with van der Waals surface area (Å²) in [5.41, 5.74) is 0.119. The lowest BCUT2D eigenvalue weighted by Gasteiger charge is -2.35. The molecule has 1 N–H and O–H groups in total. The first-order valence-electron chi connectivity index (χ1n) is 6.29. The number of piperidine rings is 1. The molecule has 0 bridgehead atoms. The van der Waals surface area contributed by atoms with E-state index in [1.54, 1.807) is 4.90 Å². The van der Waals surface area contributed by atoms with Gasteiger partial charge >= 0.3 is 0 Å². The van der Waals surface area contributed by atoms with Crippen LogP contribution in [0.1, 0.15) is 29.6 Å². The maximum absolute atomic E-state index is 13.6. The molecule has 1 saturated heterocycles. The molecule has 98 valence electrons. The third-order valence-corrected chi connectivity index (χ3v) is 3.33. The molecule has 4 nitrogen and oxygen atoms in total. The van der Waals surface area contributed by atoms with Gasteiger partial charge < -0.3 is 10.2 Å². The van der Waals surface area contributed by atoms with Crippen molar-refractivity contribution in [3.05, 3.63) is 29.8 Å². The van der Waals surface area contributed by atoms with Gasteiger partial charge in [0, 0.05) is 25.3 Å². The number of likely N-dealkylation sites (N-methyl/N-ethyl adjacent to an activating group) is 1. The number of amides is 1. The lowest BCUT2D eigenvalue weighted by atomic mass is 10.0. The fraction of sp³-hybridized carbons (Fsp3) is 0.538. The van der Waals surface area contributed by atoms with E-state index in [4.69, 9.17) is 0 Å². The number of rotatable bonds is 3. The van der Waals surface area contributed by atoms with Crippen LogP contribution in [0.4, 0.5) is 4.39 Å². The van der Waals surface area contributed by atoms with E-state index in [0.717, 1.165) is 32.0 Å². The number of hydrogen-bond acceptors (Lipinski definition) is 3. The summed E-state index contributed by atoms with van der Waals surface area (Å²) in [5, 5.41) is 3.09. The molecule has 5 heteroatoms. The predicted octanol–water partition coefficient (Wildman–Crippen LogP) is 1.43. The van der Waals surface area contributed by atoms with Crippen LogP contribution in [-0.4, -0.2) is 42.0 Å². The quantitative estimate of drug-likeness (QED) is 0.884. The van der Waals surface area contributed by atoms with Gasteiger partial charge in [-0.25, -0.2) is 4.39 Å². The normalized spacial score (nSPS) is 19.9. The Morgan fingerprint density at radius 1 is 1.61 bits per heavy atom.